The molecule has 2 amide bonds. The molecule has 4 fully saturated rings. The number of amides is 2. The van der Waals surface area contributed by atoms with Crippen LogP contribution in [0, 0.1) is 0 Å². The SMILES string of the molecule is CC(C)N1CCN(c2ccc(C(=O)NC3(C(=O)N4C[C@H](N)[C@H]5OCC(=O)[C@H]54)CCCCC3)cc2)CC1. The minimum Gasteiger partial charge on any atom is -0.369 e. The second-order valence-corrected chi connectivity index (χ2v) is 11.1. The largest absolute Gasteiger partial charge is 0.369 e. The zero-order chi connectivity index (χ0) is 25.4. The van der Waals surface area contributed by atoms with Gasteiger partial charge in [0.1, 0.15) is 24.3 Å². The molecule has 3 saturated heterocycles. The van der Waals surface area contributed by atoms with Gasteiger partial charge in [-0.05, 0) is 51.0 Å². The molecule has 1 aliphatic carbocycles. The van der Waals surface area contributed by atoms with Crippen LogP contribution in [-0.2, 0) is 14.3 Å². The predicted octanol–water partition coefficient (Wildman–Crippen LogP) is 1.16. The molecule has 1 aromatic rings. The van der Waals surface area contributed by atoms with Crippen LogP contribution in [0.3, 0.4) is 0 Å². The smallest absolute Gasteiger partial charge is 0.252 e. The number of benzene rings is 1. The summed E-state index contributed by atoms with van der Waals surface area (Å²) in [5.41, 5.74) is 6.84. The van der Waals surface area contributed by atoms with Gasteiger partial charge in [0.15, 0.2) is 5.78 Å². The van der Waals surface area contributed by atoms with Gasteiger partial charge in [-0.3, -0.25) is 19.3 Å². The molecule has 196 valence electrons. The van der Waals surface area contributed by atoms with Gasteiger partial charge in [-0.1, -0.05) is 19.3 Å². The zero-order valence-corrected chi connectivity index (χ0v) is 21.4. The Balaban J connectivity index is 1.29. The third kappa shape index (κ3) is 4.64. The molecule has 0 spiro atoms. The number of nitrogens with two attached hydrogens (primary N) is 1. The van der Waals surface area contributed by atoms with E-state index in [1.165, 1.54) is 0 Å². The fourth-order valence-corrected chi connectivity index (χ4v) is 6.33. The number of anilines is 1. The Morgan fingerprint density at radius 3 is 2.36 bits per heavy atom. The molecule has 5 rings (SSSR count). The molecule has 3 atom stereocenters. The van der Waals surface area contributed by atoms with Gasteiger partial charge in [-0.2, -0.15) is 0 Å². The summed E-state index contributed by atoms with van der Waals surface area (Å²) in [6, 6.07) is 7.19. The second-order valence-electron chi connectivity index (χ2n) is 11.1. The first kappa shape index (κ1) is 25.2. The molecule has 3 aliphatic heterocycles. The lowest BCUT2D eigenvalue weighted by molar-refractivity contribution is -0.143. The maximum absolute atomic E-state index is 13.9. The topological polar surface area (TPSA) is 108 Å². The number of likely N-dealkylation sites (tertiary alicyclic amines) is 1. The summed E-state index contributed by atoms with van der Waals surface area (Å²) >= 11 is 0. The molecule has 9 heteroatoms. The number of nitrogens with one attached hydrogen (secondary N) is 1. The van der Waals surface area contributed by atoms with Crippen molar-refractivity contribution in [2.24, 2.45) is 5.73 Å². The lowest BCUT2D eigenvalue weighted by Crippen LogP contribution is -2.62. The first-order chi connectivity index (χ1) is 17.3. The number of rotatable bonds is 5. The monoisotopic (exact) mass is 497 g/mol. The Labute approximate surface area is 213 Å². The summed E-state index contributed by atoms with van der Waals surface area (Å²) in [6.07, 6.45) is 3.41. The zero-order valence-electron chi connectivity index (χ0n) is 21.4. The molecule has 36 heavy (non-hydrogen) atoms. The minimum absolute atomic E-state index is 0.00889. The van der Waals surface area contributed by atoms with Crippen LogP contribution in [0.5, 0.6) is 0 Å². The number of piperazine rings is 1. The molecular formula is C27H39N5O4. The average Bonchev–Trinajstić information content (AvgIpc) is 3.44. The highest BCUT2D eigenvalue weighted by atomic mass is 16.5. The highest BCUT2D eigenvalue weighted by Gasteiger charge is 2.55. The lowest BCUT2D eigenvalue weighted by atomic mass is 9.80. The number of nitrogens with zero attached hydrogens (tertiary/aromatic N) is 3. The van der Waals surface area contributed by atoms with Crippen LogP contribution < -0.4 is 16.0 Å². The Bertz CT molecular complexity index is 982. The van der Waals surface area contributed by atoms with Gasteiger partial charge in [0.25, 0.3) is 5.91 Å². The van der Waals surface area contributed by atoms with E-state index >= 15 is 0 Å². The van der Waals surface area contributed by atoms with Crippen LogP contribution in [-0.4, -0.2) is 96.5 Å². The van der Waals surface area contributed by atoms with E-state index < -0.39 is 23.7 Å². The molecule has 0 radical (unpaired) electrons. The van der Waals surface area contributed by atoms with Gasteiger partial charge >= 0.3 is 0 Å². The van der Waals surface area contributed by atoms with E-state index in [2.05, 4.69) is 29.0 Å². The number of fused-ring (bicyclic) bond motifs is 1. The molecule has 0 aromatic heterocycles. The minimum atomic E-state index is -1.02. The highest BCUT2D eigenvalue weighted by Crippen LogP contribution is 2.35. The van der Waals surface area contributed by atoms with E-state index in [0.29, 0.717) is 24.4 Å². The van der Waals surface area contributed by atoms with Gasteiger partial charge in [0, 0.05) is 50.0 Å². The molecule has 3 N–H and O–H groups in total. The van der Waals surface area contributed by atoms with Crippen LogP contribution in [0.2, 0.25) is 0 Å². The molecule has 0 bridgehead atoms. The summed E-state index contributed by atoms with van der Waals surface area (Å²) in [7, 11) is 0. The van der Waals surface area contributed by atoms with Crippen molar-refractivity contribution in [3.8, 4) is 0 Å². The van der Waals surface area contributed by atoms with E-state index in [1.807, 2.05) is 24.3 Å². The maximum Gasteiger partial charge on any atom is 0.252 e. The Kier molecular flexibility index (Phi) is 7.07. The van der Waals surface area contributed by atoms with Gasteiger partial charge in [0.05, 0.1) is 6.04 Å². The summed E-state index contributed by atoms with van der Waals surface area (Å²) in [5.74, 6) is -0.559. The quantitative estimate of drug-likeness (QED) is 0.628. The molecule has 0 unspecified atom stereocenters. The molecule has 1 saturated carbocycles. The number of Topliss-reactive ketones (excluding diaryl/α,β-unsaturated/α-hetero) is 1. The van der Waals surface area contributed by atoms with Crippen molar-refractivity contribution in [1.82, 2.24) is 15.1 Å². The molecule has 4 aliphatic rings. The summed E-state index contributed by atoms with van der Waals surface area (Å²) in [4.78, 5) is 46.2. The third-order valence-corrected chi connectivity index (χ3v) is 8.49. The summed E-state index contributed by atoms with van der Waals surface area (Å²) in [6.45, 7) is 8.70. The lowest BCUT2D eigenvalue weighted by Gasteiger charge is -2.40. The Hall–Kier alpha value is -2.49. The van der Waals surface area contributed by atoms with Crippen LogP contribution >= 0.6 is 0 Å². The standard InChI is InChI=1S/C27H39N5O4/c1-18(2)30-12-14-31(15-13-30)20-8-6-19(7-9-20)25(34)29-27(10-4-3-5-11-27)26(35)32-16-21(28)24-23(32)22(33)17-36-24/h6-9,18,21,23-24H,3-5,10-17,28H2,1-2H3,(H,29,34)/t21-,23+,24+/m0/s1. The first-order valence-corrected chi connectivity index (χ1v) is 13.4. The van der Waals surface area contributed by atoms with E-state index in [1.54, 1.807) is 4.90 Å². The van der Waals surface area contributed by atoms with E-state index in [4.69, 9.17) is 10.5 Å². The van der Waals surface area contributed by atoms with E-state index in [-0.39, 0.29) is 30.7 Å². The van der Waals surface area contributed by atoms with Crippen LogP contribution in [0.25, 0.3) is 0 Å². The fraction of sp³-hybridized carbons (Fsp3) is 0.667. The molecule has 3 heterocycles. The maximum atomic E-state index is 13.9. The van der Waals surface area contributed by atoms with Crippen molar-refractivity contribution in [3.63, 3.8) is 0 Å². The number of carbonyl (C=O) groups is 3. The van der Waals surface area contributed by atoms with Crippen LogP contribution in [0.4, 0.5) is 5.69 Å². The number of hydrogen-bond acceptors (Lipinski definition) is 7. The van der Waals surface area contributed by atoms with E-state index in [9.17, 15) is 14.4 Å². The first-order valence-electron chi connectivity index (χ1n) is 13.4. The molecular weight excluding hydrogens is 458 g/mol. The van der Waals surface area contributed by atoms with Gasteiger partial charge in [-0.25, -0.2) is 0 Å². The van der Waals surface area contributed by atoms with Gasteiger partial charge < -0.3 is 25.6 Å². The Morgan fingerprint density at radius 2 is 1.72 bits per heavy atom. The van der Waals surface area contributed by atoms with Crippen molar-refractivity contribution >= 4 is 23.3 Å². The van der Waals surface area contributed by atoms with Crippen LogP contribution in [0.15, 0.2) is 24.3 Å². The van der Waals surface area contributed by atoms with E-state index in [0.717, 1.165) is 51.1 Å². The van der Waals surface area contributed by atoms with Gasteiger partial charge in [-0.15, -0.1) is 0 Å². The number of hydrogen-bond donors (Lipinski definition) is 2. The van der Waals surface area contributed by atoms with Crippen molar-refractivity contribution in [2.45, 2.75) is 75.7 Å². The fourth-order valence-electron chi connectivity index (χ4n) is 6.33. The third-order valence-electron chi connectivity index (χ3n) is 8.49. The van der Waals surface area contributed by atoms with Crippen LogP contribution in [0.1, 0.15) is 56.3 Å². The second kappa shape index (κ2) is 10.1. The summed E-state index contributed by atoms with van der Waals surface area (Å²) < 4.78 is 5.57. The van der Waals surface area contributed by atoms with Gasteiger partial charge in [0.2, 0.25) is 5.91 Å². The number of ether oxygens (including phenoxy) is 1. The number of ketones is 1. The number of carbonyl (C=O) groups excluding carboxylic acids is 3. The molecule has 1 aromatic carbocycles. The normalized spacial score (nSPS) is 28.4. The average molecular weight is 498 g/mol. The van der Waals surface area contributed by atoms with Crippen molar-refractivity contribution in [3.05, 3.63) is 29.8 Å². The highest BCUT2D eigenvalue weighted by molar-refractivity contribution is 6.01. The summed E-state index contributed by atoms with van der Waals surface area (Å²) in [5, 5.41) is 3.11. The van der Waals surface area contributed by atoms with Crippen molar-refractivity contribution < 1.29 is 19.1 Å². The van der Waals surface area contributed by atoms with Crippen molar-refractivity contribution in [1.29, 1.82) is 0 Å². The molecule has 9 nitrogen and oxygen atoms in total. The predicted molar refractivity (Wildman–Crippen MR) is 137 cm³/mol. The van der Waals surface area contributed by atoms with Crippen molar-refractivity contribution in [2.75, 3.05) is 44.2 Å². The Morgan fingerprint density at radius 1 is 1.06 bits per heavy atom.